The molecule has 0 atom stereocenters. The van der Waals surface area contributed by atoms with Crippen LogP contribution in [-0.2, 0) is 6.54 Å². The molecule has 5 nitrogen and oxygen atoms in total. The molecule has 0 bridgehead atoms. The van der Waals surface area contributed by atoms with Crippen LogP contribution in [0.4, 0.5) is 0 Å². The van der Waals surface area contributed by atoms with Crippen LogP contribution in [0.15, 0.2) is 115 Å². The minimum absolute atomic E-state index is 0.00755. The number of hydrogen-bond acceptors (Lipinski definition) is 2. The summed E-state index contributed by atoms with van der Waals surface area (Å²) in [6, 6.07) is 41.1. The standard InChI is InChI=1S/C27H28N5P/c28-26(29)32-27(30)31-20-21-16-18-25(19-17-21)33(22-10-4-1-5-11-22,23-12-6-2-7-13-23)24-14-8-3-9-15-24/h1-19,33H,20H2,(H6,28,29,30,31,32). The Bertz CT molecular complexity index is 1110. The van der Waals surface area contributed by atoms with Crippen LogP contribution in [-0.4, -0.2) is 11.9 Å². The molecular weight excluding hydrogens is 425 g/mol. The summed E-state index contributed by atoms with van der Waals surface area (Å²) in [5.41, 5.74) is 6.34. The first kappa shape index (κ1) is 22.3. The number of nitrogens with one attached hydrogen (secondary N) is 4. The monoisotopic (exact) mass is 453 g/mol. The van der Waals surface area contributed by atoms with Crippen molar-refractivity contribution >= 4 is 40.4 Å². The molecule has 4 rings (SSSR count). The van der Waals surface area contributed by atoms with E-state index in [0.717, 1.165) is 5.56 Å². The van der Waals surface area contributed by atoms with Crippen LogP contribution in [0.25, 0.3) is 0 Å². The van der Waals surface area contributed by atoms with E-state index in [0.29, 0.717) is 6.54 Å². The van der Waals surface area contributed by atoms with E-state index < -0.39 is 7.26 Å². The molecule has 0 saturated carbocycles. The quantitative estimate of drug-likeness (QED) is 0.176. The number of hydrogen-bond donors (Lipinski definition) is 5. The SMILES string of the molecule is N=C(N)NC(=N)NCc1ccc([PH](c2ccccc2)(c2ccccc2)c2ccccc2)cc1. The molecule has 0 amide bonds. The summed E-state index contributed by atoms with van der Waals surface area (Å²) in [4.78, 5) is 0. The first-order valence-corrected chi connectivity index (χ1v) is 12.8. The Morgan fingerprint density at radius 1 is 0.606 bits per heavy atom. The molecule has 0 aliphatic rings. The Kier molecular flexibility index (Phi) is 6.82. The zero-order chi connectivity index (χ0) is 23.1. The molecule has 4 aromatic carbocycles. The summed E-state index contributed by atoms with van der Waals surface area (Å²) in [5, 5.41) is 25.8. The molecule has 0 fully saturated rings. The first-order valence-electron chi connectivity index (χ1n) is 10.8. The van der Waals surface area contributed by atoms with Crippen molar-refractivity contribution in [3.63, 3.8) is 0 Å². The predicted octanol–water partition coefficient (Wildman–Crippen LogP) is 2.55. The summed E-state index contributed by atoms with van der Waals surface area (Å²) in [5.74, 6) is -0.250. The van der Waals surface area contributed by atoms with E-state index in [2.05, 4.69) is 126 Å². The van der Waals surface area contributed by atoms with Gasteiger partial charge < -0.3 is 0 Å². The van der Waals surface area contributed by atoms with Gasteiger partial charge in [-0.2, -0.15) is 0 Å². The summed E-state index contributed by atoms with van der Waals surface area (Å²) in [6.45, 7) is 0.468. The Balaban J connectivity index is 1.81. The molecule has 6 heteroatoms. The molecule has 33 heavy (non-hydrogen) atoms. The molecular formula is C27H28N5P. The van der Waals surface area contributed by atoms with Gasteiger partial charge >= 0.3 is 195 Å². The molecule has 0 aliphatic carbocycles. The van der Waals surface area contributed by atoms with Gasteiger partial charge in [-0.1, -0.05) is 0 Å². The Morgan fingerprint density at radius 3 is 1.39 bits per heavy atom. The van der Waals surface area contributed by atoms with Gasteiger partial charge in [0.2, 0.25) is 0 Å². The van der Waals surface area contributed by atoms with Crippen molar-refractivity contribution < 1.29 is 0 Å². The van der Waals surface area contributed by atoms with Gasteiger partial charge in [0, 0.05) is 0 Å². The summed E-state index contributed by atoms with van der Waals surface area (Å²) in [7, 11) is -2.51. The maximum absolute atomic E-state index is 7.81. The second-order valence-corrected chi connectivity index (χ2v) is 11.6. The summed E-state index contributed by atoms with van der Waals surface area (Å²) < 4.78 is 0. The van der Waals surface area contributed by atoms with Gasteiger partial charge in [-0.25, -0.2) is 0 Å². The van der Waals surface area contributed by atoms with Crippen molar-refractivity contribution in [2.75, 3.05) is 0 Å². The summed E-state index contributed by atoms with van der Waals surface area (Å²) >= 11 is 0. The molecule has 4 aromatic rings. The van der Waals surface area contributed by atoms with Gasteiger partial charge in [0.15, 0.2) is 0 Å². The van der Waals surface area contributed by atoms with Crippen LogP contribution in [0.1, 0.15) is 5.56 Å². The first-order chi connectivity index (χ1) is 16.1. The van der Waals surface area contributed by atoms with E-state index in [-0.39, 0.29) is 11.9 Å². The van der Waals surface area contributed by atoms with E-state index in [1.807, 2.05) is 0 Å². The molecule has 6 N–H and O–H groups in total. The second kappa shape index (κ2) is 10.1. The van der Waals surface area contributed by atoms with Crippen LogP contribution in [0.5, 0.6) is 0 Å². The third kappa shape index (κ3) is 4.79. The Hall–Kier alpha value is -3.95. The molecule has 0 saturated heterocycles. The van der Waals surface area contributed by atoms with E-state index in [1.54, 1.807) is 0 Å². The van der Waals surface area contributed by atoms with Gasteiger partial charge in [0.1, 0.15) is 0 Å². The number of benzene rings is 4. The van der Waals surface area contributed by atoms with Crippen molar-refractivity contribution in [1.29, 1.82) is 10.8 Å². The van der Waals surface area contributed by atoms with Crippen molar-refractivity contribution in [1.82, 2.24) is 10.6 Å². The van der Waals surface area contributed by atoms with E-state index in [4.69, 9.17) is 16.6 Å². The number of guanidine groups is 2. The van der Waals surface area contributed by atoms with Gasteiger partial charge in [-0.05, 0) is 0 Å². The minimum atomic E-state index is -2.51. The molecule has 0 spiro atoms. The van der Waals surface area contributed by atoms with Crippen molar-refractivity contribution in [2.45, 2.75) is 6.54 Å². The average Bonchev–Trinajstić information content (AvgIpc) is 2.86. The molecule has 0 unspecified atom stereocenters. The molecule has 0 aromatic heterocycles. The summed E-state index contributed by atoms with van der Waals surface area (Å²) in [6.07, 6.45) is 0. The molecule has 166 valence electrons. The van der Waals surface area contributed by atoms with Gasteiger partial charge in [-0.15, -0.1) is 0 Å². The van der Waals surface area contributed by atoms with Crippen LogP contribution in [0.2, 0.25) is 0 Å². The molecule has 0 heterocycles. The molecule has 0 aliphatic heterocycles. The van der Waals surface area contributed by atoms with Crippen LogP contribution in [0, 0.1) is 10.8 Å². The topological polar surface area (TPSA) is 97.8 Å². The van der Waals surface area contributed by atoms with Crippen molar-refractivity contribution in [2.24, 2.45) is 5.73 Å². The maximum atomic E-state index is 7.81. The van der Waals surface area contributed by atoms with Crippen molar-refractivity contribution in [3.8, 4) is 0 Å². The van der Waals surface area contributed by atoms with Crippen LogP contribution >= 0.6 is 7.26 Å². The third-order valence-corrected chi connectivity index (χ3v) is 10.5. The van der Waals surface area contributed by atoms with Crippen LogP contribution in [0.3, 0.4) is 0 Å². The number of rotatable bonds is 6. The van der Waals surface area contributed by atoms with Crippen LogP contribution < -0.4 is 37.6 Å². The zero-order valence-corrected chi connectivity index (χ0v) is 19.3. The molecule has 0 radical (unpaired) electrons. The van der Waals surface area contributed by atoms with E-state index >= 15 is 0 Å². The van der Waals surface area contributed by atoms with E-state index in [9.17, 15) is 0 Å². The van der Waals surface area contributed by atoms with Gasteiger partial charge in [-0.3, -0.25) is 0 Å². The second-order valence-electron chi connectivity index (χ2n) is 7.81. The normalized spacial score (nSPS) is 11.4. The fraction of sp³-hybridized carbons (Fsp3) is 0.0370. The van der Waals surface area contributed by atoms with E-state index in [1.165, 1.54) is 21.2 Å². The van der Waals surface area contributed by atoms with Gasteiger partial charge in [0.05, 0.1) is 0 Å². The van der Waals surface area contributed by atoms with Gasteiger partial charge in [0.25, 0.3) is 0 Å². The van der Waals surface area contributed by atoms with Crippen molar-refractivity contribution in [3.05, 3.63) is 121 Å². The predicted molar refractivity (Wildman–Crippen MR) is 142 cm³/mol. The Labute approximate surface area is 195 Å². The fourth-order valence-electron chi connectivity index (χ4n) is 4.31. The third-order valence-electron chi connectivity index (χ3n) is 5.74. The Morgan fingerprint density at radius 2 is 1.00 bits per heavy atom. The zero-order valence-electron chi connectivity index (χ0n) is 18.3. The fourth-order valence-corrected chi connectivity index (χ4v) is 9.05. The number of nitrogens with two attached hydrogens (primary N) is 1. The average molecular weight is 454 g/mol.